The Morgan fingerprint density at radius 3 is 3.19 bits per heavy atom. The maximum atomic E-state index is 5.56. The molecule has 2 unspecified atom stereocenters. The highest BCUT2D eigenvalue weighted by Crippen LogP contribution is 2.27. The van der Waals surface area contributed by atoms with E-state index in [1.807, 2.05) is 12.5 Å². The van der Waals surface area contributed by atoms with Crippen LogP contribution in [0.1, 0.15) is 36.9 Å². The van der Waals surface area contributed by atoms with Crippen molar-refractivity contribution in [3.63, 3.8) is 0 Å². The highest BCUT2D eigenvalue weighted by molar-refractivity contribution is 5.10. The Kier molecular flexibility index (Phi) is 2.93. The minimum atomic E-state index is 0.506. The van der Waals surface area contributed by atoms with Crippen LogP contribution < -0.4 is 5.32 Å². The summed E-state index contributed by atoms with van der Waals surface area (Å²) in [5.41, 5.74) is 1.39. The minimum absolute atomic E-state index is 0.506. The van der Waals surface area contributed by atoms with Crippen molar-refractivity contribution in [1.82, 2.24) is 14.9 Å². The highest BCUT2D eigenvalue weighted by atomic mass is 16.5. The second-order valence-corrected chi connectivity index (χ2v) is 4.79. The molecule has 0 aromatic carbocycles. The molecule has 0 saturated carbocycles. The summed E-state index contributed by atoms with van der Waals surface area (Å²) in [6.45, 7) is 4.01. The van der Waals surface area contributed by atoms with Gasteiger partial charge < -0.3 is 14.6 Å². The van der Waals surface area contributed by atoms with Crippen molar-refractivity contribution in [1.29, 1.82) is 0 Å². The highest BCUT2D eigenvalue weighted by Gasteiger charge is 2.24. The molecule has 4 nitrogen and oxygen atoms in total. The van der Waals surface area contributed by atoms with Crippen LogP contribution in [0.5, 0.6) is 0 Å². The van der Waals surface area contributed by atoms with Crippen molar-refractivity contribution in [2.24, 2.45) is 0 Å². The van der Waals surface area contributed by atoms with Gasteiger partial charge in [-0.3, -0.25) is 0 Å². The molecule has 0 radical (unpaired) electrons. The van der Waals surface area contributed by atoms with Gasteiger partial charge in [-0.25, -0.2) is 4.98 Å². The normalized spacial score (nSPS) is 30.8. The van der Waals surface area contributed by atoms with E-state index < -0.39 is 0 Å². The van der Waals surface area contributed by atoms with Crippen molar-refractivity contribution in [3.05, 3.63) is 18.2 Å². The molecule has 1 aromatic heterocycles. The molecule has 2 fully saturated rings. The molecule has 0 aliphatic carbocycles. The van der Waals surface area contributed by atoms with Crippen molar-refractivity contribution in [2.75, 3.05) is 26.3 Å². The van der Waals surface area contributed by atoms with Crippen LogP contribution in [-0.2, 0) is 4.74 Å². The number of nitrogens with one attached hydrogen (secondary N) is 1. The summed E-state index contributed by atoms with van der Waals surface area (Å²) < 4.78 is 7.90. The Morgan fingerprint density at radius 2 is 2.44 bits per heavy atom. The first-order valence-corrected chi connectivity index (χ1v) is 6.25. The predicted octanol–water partition coefficient (Wildman–Crippen LogP) is 1.31. The van der Waals surface area contributed by atoms with Crippen LogP contribution in [0.4, 0.5) is 0 Å². The third-order valence-electron chi connectivity index (χ3n) is 3.70. The molecule has 0 amide bonds. The van der Waals surface area contributed by atoms with Gasteiger partial charge in [-0.15, -0.1) is 0 Å². The van der Waals surface area contributed by atoms with Gasteiger partial charge in [0.2, 0.25) is 0 Å². The maximum absolute atomic E-state index is 5.56. The fourth-order valence-corrected chi connectivity index (χ4v) is 2.79. The number of imidazole rings is 1. The molecular weight excluding hydrogens is 202 g/mol. The van der Waals surface area contributed by atoms with E-state index in [9.17, 15) is 0 Å². The number of hydrogen-bond acceptors (Lipinski definition) is 3. The second-order valence-electron chi connectivity index (χ2n) is 4.79. The summed E-state index contributed by atoms with van der Waals surface area (Å²) in [5, 5.41) is 3.42. The number of rotatable bonds is 2. The van der Waals surface area contributed by atoms with Crippen LogP contribution in [0.2, 0.25) is 0 Å². The van der Waals surface area contributed by atoms with Gasteiger partial charge in [0, 0.05) is 31.0 Å². The second kappa shape index (κ2) is 4.55. The SMILES string of the molecule is c1ncn(C2CCCOC2)c1C1CCNC1. The third-order valence-corrected chi connectivity index (χ3v) is 3.70. The van der Waals surface area contributed by atoms with Crippen molar-refractivity contribution in [2.45, 2.75) is 31.2 Å². The van der Waals surface area contributed by atoms with Crippen LogP contribution in [0, 0.1) is 0 Å². The van der Waals surface area contributed by atoms with Gasteiger partial charge >= 0.3 is 0 Å². The Labute approximate surface area is 96.0 Å². The van der Waals surface area contributed by atoms with E-state index in [1.165, 1.54) is 25.0 Å². The molecule has 0 spiro atoms. The molecule has 3 rings (SSSR count). The van der Waals surface area contributed by atoms with Gasteiger partial charge in [0.05, 0.1) is 19.0 Å². The van der Waals surface area contributed by atoms with Crippen LogP contribution in [0.3, 0.4) is 0 Å². The Hall–Kier alpha value is -0.870. The van der Waals surface area contributed by atoms with E-state index in [4.69, 9.17) is 4.74 Å². The zero-order valence-corrected chi connectivity index (χ0v) is 9.56. The van der Waals surface area contributed by atoms with Crippen LogP contribution in [0.15, 0.2) is 12.5 Å². The van der Waals surface area contributed by atoms with E-state index in [0.29, 0.717) is 12.0 Å². The number of hydrogen-bond donors (Lipinski definition) is 1. The first kappa shape index (κ1) is 10.3. The van der Waals surface area contributed by atoms with Crippen molar-refractivity contribution >= 4 is 0 Å². The summed E-state index contributed by atoms with van der Waals surface area (Å²) in [6, 6.07) is 0.506. The van der Waals surface area contributed by atoms with Crippen LogP contribution >= 0.6 is 0 Å². The molecule has 1 aromatic rings. The lowest BCUT2D eigenvalue weighted by Gasteiger charge is -2.26. The summed E-state index contributed by atoms with van der Waals surface area (Å²) in [7, 11) is 0. The van der Waals surface area contributed by atoms with E-state index in [-0.39, 0.29) is 0 Å². The lowest BCUT2D eigenvalue weighted by molar-refractivity contribution is 0.0580. The fourth-order valence-electron chi connectivity index (χ4n) is 2.79. The monoisotopic (exact) mass is 221 g/mol. The van der Waals surface area contributed by atoms with Gasteiger partial charge in [-0.2, -0.15) is 0 Å². The first-order chi connectivity index (χ1) is 7.95. The lowest BCUT2D eigenvalue weighted by atomic mass is 10.0. The maximum Gasteiger partial charge on any atom is 0.0951 e. The molecule has 3 heterocycles. The largest absolute Gasteiger partial charge is 0.379 e. The summed E-state index contributed by atoms with van der Waals surface area (Å²) in [4.78, 5) is 4.32. The molecule has 4 heteroatoms. The Morgan fingerprint density at radius 1 is 1.44 bits per heavy atom. The summed E-state index contributed by atoms with van der Waals surface area (Å²) >= 11 is 0. The van der Waals surface area contributed by atoms with Gasteiger partial charge in [0.15, 0.2) is 0 Å². The summed E-state index contributed by atoms with van der Waals surface area (Å²) in [6.07, 6.45) is 7.65. The molecule has 1 N–H and O–H groups in total. The van der Waals surface area contributed by atoms with E-state index in [1.54, 1.807) is 0 Å². The number of aromatic nitrogens is 2. The number of ether oxygens (including phenoxy) is 1. The van der Waals surface area contributed by atoms with Gasteiger partial charge in [0.25, 0.3) is 0 Å². The third kappa shape index (κ3) is 1.87. The first-order valence-electron chi connectivity index (χ1n) is 6.25. The molecule has 2 aliphatic rings. The minimum Gasteiger partial charge on any atom is -0.379 e. The molecule has 2 atom stereocenters. The van der Waals surface area contributed by atoms with E-state index >= 15 is 0 Å². The van der Waals surface area contributed by atoms with E-state index in [0.717, 1.165) is 26.3 Å². The van der Waals surface area contributed by atoms with Crippen molar-refractivity contribution in [3.8, 4) is 0 Å². The smallest absolute Gasteiger partial charge is 0.0951 e. The van der Waals surface area contributed by atoms with Crippen LogP contribution in [-0.4, -0.2) is 35.9 Å². The molecule has 2 saturated heterocycles. The zero-order chi connectivity index (χ0) is 10.8. The van der Waals surface area contributed by atoms with Gasteiger partial charge in [-0.05, 0) is 25.8 Å². The average molecular weight is 221 g/mol. The molecule has 2 aliphatic heterocycles. The van der Waals surface area contributed by atoms with E-state index in [2.05, 4.69) is 14.9 Å². The summed E-state index contributed by atoms with van der Waals surface area (Å²) in [5.74, 6) is 0.643. The Balaban J connectivity index is 1.80. The predicted molar refractivity (Wildman–Crippen MR) is 61.5 cm³/mol. The quantitative estimate of drug-likeness (QED) is 0.818. The molecule has 0 bridgehead atoms. The lowest BCUT2D eigenvalue weighted by Crippen LogP contribution is -2.23. The Bertz CT molecular complexity index is 338. The topological polar surface area (TPSA) is 39.1 Å². The molecule has 16 heavy (non-hydrogen) atoms. The zero-order valence-electron chi connectivity index (χ0n) is 9.56. The van der Waals surface area contributed by atoms with Crippen LogP contribution in [0.25, 0.3) is 0 Å². The fraction of sp³-hybridized carbons (Fsp3) is 0.750. The average Bonchev–Trinajstić information content (AvgIpc) is 3.01. The van der Waals surface area contributed by atoms with Gasteiger partial charge in [0.1, 0.15) is 0 Å². The van der Waals surface area contributed by atoms with Gasteiger partial charge in [-0.1, -0.05) is 0 Å². The molecule has 88 valence electrons. The standard InChI is InChI=1S/C12H19N3O/c1-2-11(8-16-5-1)15-9-14-7-12(15)10-3-4-13-6-10/h7,9-11,13H,1-6,8H2. The molecular formula is C12H19N3O. The number of nitrogens with zero attached hydrogens (tertiary/aromatic N) is 2. The van der Waals surface area contributed by atoms with Crippen molar-refractivity contribution < 1.29 is 4.74 Å².